The fourth-order valence-electron chi connectivity index (χ4n) is 3.65. The molecule has 2 aromatic carbocycles. The Bertz CT molecular complexity index is 958. The number of nitrogens with zero attached hydrogens (tertiary/aromatic N) is 4. The van der Waals surface area contributed by atoms with Crippen molar-refractivity contribution in [1.82, 2.24) is 9.88 Å². The van der Waals surface area contributed by atoms with Crippen LogP contribution >= 0.6 is 11.3 Å². The first kappa shape index (κ1) is 18.7. The number of hydrogen-bond acceptors (Lipinski definition) is 5. The Morgan fingerprint density at radius 3 is 2.61 bits per heavy atom. The summed E-state index contributed by atoms with van der Waals surface area (Å²) in [6, 6.07) is 14.7. The molecule has 6 heteroatoms. The van der Waals surface area contributed by atoms with Crippen molar-refractivity contribution in [1.29, 1.82) is 0 Å². The Kier molecular flexibility index (Phi) is 5.22. The Morgan fingerprint density at radius 1 is 1.11 bits per heavy atom. The third kappa shape index (κ3) is 3.83. The van der Waals surface area contributed by atoms with E-state index >= 15 is 0 Å². The van der Waals surface area contributed by atoms with Crippen LogP contribution < -0.4 is 9.80 Å². The van der Waals surface area contributed by atoms with Crippen LogP contribution in [0.1, 0.15) is 11.1 Å². The molecule has 0 aliphatic carbocycles. The average molecular weight is 395 g/mol. The molecule has 5 nitrogen and oxygen atoms in total. The minimum Gasteiger partial charge on any atom is -0.368 e. The molecular weight excluding hydrogens is 368 g/mol. The van der Waals surface area contributed by atoms with Gasteiger partial charge in [-0.15, -0.1) is 0 Å². The summed E-state index contributed by atoms with van der Waals surface area (Å²) in [5.41, 5.74) is 4.85. The number of carbonyl (C=O) groups excluding carboxylic acids is 1. The van der Waals surface area contributed by atoms with Crippen LogP contribution in [0.3, 0.4) is 0 Å². The molecule has 1 aromatic heterocycles. The highest BCUT2D eigenvalue weighted by Gasteiger charge is 2.23. The molecule has 146 valence electrons. The van der Waals surface area contributed by atoms with E-state index in [9.17, 15) is 4.79 Å². The second-order valence-electron chi connectivity index (χ2n) is 7.48. The number of piperazine rings is 1. The summed E-state index contributed by atoms with van der Waals surface area (Å²) in [7, 11) is 1.95. The van der Waals surface area contributed by atoms with Gasteiger partial charge in [0.05, 0.1) is 16.8 Å². The minimum atomic E-state index is 0.169. The van der Waals surface area contributed by atoms with Crippen molar-refractivity contribution in [3.8, 4) is 0 Å². The maximum Gasteiger partial charge on any atom is 0.242 e. The van der Waals surface area contributed by atoms with E-state index in [1.54, 1.807) is 11.3 Å². The lowest BCUT2D eigenvalue weighted by atomic mass is 10.1. The van der Waals surface area contributed by atoms with E-state index < -0.39 is 0 Å². The van der Waals surface area contributed by atoms with Gasteiger partial charge in [0.15, 0.2) is 5.13 Å². The highest BCUT2D eigenvalue weighted by molar-refractivity contribution is 7.22. The third-order valence-electron chi connectivity index (χ3n) is 5.32. The van der Waals surface area contributed by atoms with Crippen molar-refractivity contribution in [2.24, 2.45) is 0 Å². The fourth-order valence-corrected chi connectivity index (χ4v) is 4.58. The number of rotatable bonds is 4. The van der Waals surface area contributed by atoms with Crippen LogP contribution in [0.4, 0.5) is 10.8 Å². The van der Waals surface area contributed by atoms with Gasteiger partial charge in [-0.1, -0.05) is 35.6 Å². The van der Waals surface area contributed by atoms with Gasteiger partial charge in [-0.2, -0.15) is 0 Å². The Morgan fingerprint density at radius 2 is 1.86 bits per heavy atom. The number of hydrogen-bond donors (Lipinski definition) is 0. The molecule has 2 heterocycles. The van der Waals surface area contributed by atoms with Crippen molar-refractivity contribution in [3.63, 3.8) is 0 Å². The number of amides is 1. The van der Waals surface area contributed by atoms with Crippen LogP contribution in [-0.4, -0.2) is 55.6 Å². The van der Waals surface area contributed by atoms with Gasteiger partial charge in [-0.05, 0) is 43.2 Å². The number of anilines is 2. The van der Waals surface area contributed by atoms with E-state index in [2.05, 4.69) is 48.0 Å². The topological polar surface area (TPSA) is 39.7 Å². The maximum atomic E-state index is 12.8. The summed E-state index contributed by atoms with van der Waals surface area (Å²) >= 11 is 1.63. The highest BCUT2D eigenvalue weighted by atomic mass is 32.1. The number of aryl methyl sites for hydroxylation is 2. The number of benzene rings is 2. The molecule has 1 amide bonds. The molecule has 0 bridgehead atoms. The summed E-state index contributed by atoms with van der Waals surface area (Å²) in [4.78, 5) is 23.8. The van der Waals surface area contributed by atoms with Gasteiger partial charge in [0, 0.05) is 38.9 Å². The van der Waals surface area contributed by atoms with Gasteiger partial charge in [0.25, 0.3) is 0 Å². The summed E-state index contributed by atoms with van der Waals surface area (Å²) < 4.78 is 1.15. The Hall–Kier alpha value is -2.60. The van der Waals surface area contributed by atoms with Crippen LogP contribution in [0.5, 0.6) is 0 Å². The van der Waals surface area contributed by atoms with Gasteiger partial charge < -0.3 is 14.7 Å². The Balaban J connectivity index is 1.36. The molecule has 0 spiro atoms. The first-order valence-corrected chi connectivity index (χ1v) is 10.5. The minimum absolute atomic E-state index is 0.169. The highest BCUT2D eigenvalue weighted by Crippen LogP contribution is 2.28. The van der Waals surface area contributed by atoms with Gasteiger partial charge in [-0.25, -0.2) is 4.98 Å². The largest absolute Gasteiger partial charge is 0.368 e. The van der Waals surface area contributed by atoms with Crippen LogP contribution in [0.2, 0.25) is 0 Å². The molecule has 1 aliphatic rings. The Labute approximate surface area is 170 Å². The second-order valence-corrected chi connectivity index (χ2v) is 8.49. The van der Waals surface area contributed by atoms with E-state index in [4.69, 9.17) is 0 Å². The van der Waals surface area contributed by atoms with Crippen molar-refractivity contribution in [3.05, 3.63) is 53.6 Å². The quantitative estimate of drug-likeness (QED) is 0.677. The molecule has 1 fully saturated rings. The zero-order valence-corrected chi connectivity index (χ0v) is 17.5. The fraction of sp³-hybridized carbons (Fsp3) is 0.364. The number of carbonyl (C=O) groups is 1. The number of para-hydroxylation sites is 1. The van der Waals surface area contributed by atoms with E-state index in [-0.39, 0.29) is 5.91 Å². The van der Waals surface area contributed by atoms with Crippen LogP contribution in [0, 0.1) is 13.8 Å². The molecule has 0 N–H and O–H groups in total. The van der Waals surface area contributed by atoms with E-state index in [0.29, 0.717) is 6.54 Å². The van der Waals surface area contributed by atoms with E-state index in [1.807, 2.05) is 35.0 Å². The zero-order valence-electron chi connectivity index (χ0n) is 16.7. The SMILES string of the molecule is Cc1ccc(C)c(N2CCN(C(=O)CN(C)c3nc4ccccc4s3)CC2)c1. The van der Waals surface area contributed by atoms with E-state index in [1.165, 1.54) is 16.8 Å². The molecule has 3 aromatic rings. The number of fused-ring (bicyclic) bond motifs is 1. The molecule has 28 heavy (non-hydrogen) atoms. The van der Waals surface area contributed by atoms with Crippen molar-refractivity contribution < 1.29 is 4.79 Å². The predicted octanol–water partition coefficient (Wildman–Crippen LogP) is 3.70. The number of aromatic nitrogens is 1. The molecule has 0 radical (unpaired) electrons. The molecule has 1 saturated heterocycles. The lowest BCUT2D eigenvalue weighted by molar-refractivity contribution is -0.129. The normalized spacial score (nSPS) is 14.5. The van der Waals surface area contributed by atoms with Gasteiger partial charge >= 0.3 is 0 Å². The van der Waals surface area contributed by atoms with Gasteiger partial charge in [0.2, 0.25) is 5.91 Å². The molecule has 0 saturated carbocycles. The summed E-state index contributed by atoms with van der Waals surface area (Å²) in [5.74, 6) is 0.169. The monoisotopic (exact) mass is 394 g/mol. The van der Waals surface area contributed by atoms with Crippen LogP contribution in [-0.2, 0) is 4.79 Å². The van der Waals surface area contributed by atoms with Crippen LogP contribution in [0.15, 0.2) is 42.5 Å². The summed E-state index contributed by atoms with van der Waals surface area (Å²) in [5, 5.41) is 0.892. The lowest BCUT2D eigenvalue weighted by Gasteiger charge is -2.37. The first-order chi connectivity index (χ1) is 13.5. The standard InChI is InChI=1S/C22H26N4OS/c1-16-8-9-17(2)19(14-16)25-10-12-26(13-11-25)21(27)15-24(3)22-23-18-6-4-5-7-20(18)28-22/h4-9,14H,10-13,15H2,1-3H3. The van der Waals surface area contributed by atoms with Crippen molar-refractivity contribution in [2.75, 3.05) is 49.6 Å². The lowest BCUT2D eigenvalue weighted by Crippen LogP contribution is -2.51. The molecule has 0 atom stereocenters. The van der Waals surface area contributed by atoms with Crippen molar-refractivity contribution >= 4 is 38.3 Å². The zero-order chi connectivity index (χ0) is 19.7. The molecular formula is C22H26N4OS. The predicted molar refractivity (Wildman–Crippen MR) is 118 cm³/mol. The van der Waals surface area contributed by atoms with Gasteiger partial charge in [-0.3, -0.25) is 4.79 Å². The third-order valence-corrected chi connectivity index (χ3v) is 6.47. The van der Waals surface area contributed by atoms with Gasteiger partial charge in [0.1, 0.15) is 0 Å². The first-order valence-electron chi connectivity index (χ1n) is 9.68. The molecule has 1 aliphatic heterocycles. The van der Waals surface area contributed by atoms with E-state index in [0.717, 1.165) is 41.5 Å². The summed E-state index contributed by atoms with van der Waals surface area (Å²) in [6.45, 7) is 7.92. The second kappa shape index (κ2) is 7.80. The molecule has 4 rings (SSSR count). The maximum absolute atomic E-state index is 12.8. The molecule has 0 unspecified atom stereocenters. The van der Waals surface area contributed by atoms with Crippen LogP contribution in [0.25, 0.3) is 10.2 Å². The number of likely N-dealkylation sites (N-methyl/N-ethyl adjacent to an activating group) is 1. The average Bonchev–Trinajstić information content (AvgIpc) is 3.14. The van der Waals surface area contributed by atoms with Crippen molar-refractivity contribution in [2.45, 2.75) is 13.8 Å². The number of thiazole rings is 1. The smallest absolute Gasteiger partial charge is 0.242 e. The summed E-state index contributed by atoms with van der Waals surface area (Å²) in [6.07, 6.45) is 0.